The van der Waals surface area contributed by atoms with Gasteiger partial charge in [-0.25, -0.2) is 0 Å². The lowest BCUT2D eigenvalue weighted by atomic mass is 10.3. The Bertz CT molecular complexity index is 838. The monoisotopic (exact) mass is 433 g/mol. The Hall–Kier alpha value is -1.94. The van der Waals surface area contributed by atoms with Gasteiger partial charge >= 0.3 is 6.18 Å². The van der Waals surface area contributed by atoms with Crippen molar-refractivity contribution in [1.82, 2.24) is 20.1 Å². The Morgan fingerprint density at radius 2 is 2.04 bits per heavy atom. The first kappa shape index (κ1) is 20.8. The van der Waals surface area contributed by atoms with E-state index in [1.807, 2.05) is 11.4 Å². The van der Waals surface area contributed by atoms with E-state index in [1.54, 1.807) is 22.8 Å². The highest BCUT2D eigenvalue weighted by Crippen LogP contribution is 2.31. The summed E-state index contributed by atoms with van der Waals surface area (Å²) in [6.45, 7) is 1.84. The number of thioether (sulfide) groups is 1. The number of hydrogen-bond donors (Lipinski definition) is 1. The normalized spacial score (nSPS) is 15.7. The maximum Gasteiger partial charge on any atom is 0.405 e. The number of benzene rings is 1. The zero-order chi connectivity index (χ0) is 20.3. The fourth-order valence-corrected chi connectivity index (χ4v) is 3.92. The lowest BCUT2D eigenvalue weighted by molar-refractivity contribution is -0.137. The molecule has 2 heterocycles. The van der Waals surface area contributed by atoms with Gasteiger partial charge < -0.3 is 10.2 Å². The van der Waals surface area contributed by atoms with Gasteiger partial charge in [0.05, 0.1) is 10.9 Å². The van der Waals surface area contributed by atoms with Crippen LogP contribution in [-0.2, 0) is 4.79 Å². The van der Waals surface area contributed by atoms with Crippen LogP contribution in [0.15, 0.2) is 29.4 Å². The van der Waals surface area contributed by atoms with Gasteiger partial charge in [-0.15, -0.1) is 10.2 Å². The molecule has 6 nitrogen and oxygen atoms in total. The van der Waals surface area contributed by atoms with E-state index >= 15 is 0 Å². The number of carbonyl (C=O) groups excluding carboxylic acids is 1. The Morgan fingerprint density at radius 3 is 2.68 bits per heavy atom. The largest absolute Gasteiger partial charge is 0.405 e. The van der Waals surface area contributed by atoms with Gasteiger partial charge in [0.25, 0.3) is 0 Å². The highest BCUT2D eigenvalue weighted by molar-refractivity contribution is 8.00. The summed E-state index contributed by atoms with van der Waals surface area (Å²) < 4.78 is 38.8. The summed E-state index contributed by atoms with van der Waals surface area (Å²) in [5.74, 6) is -0.0872. The predicted molar refractivity (Wildman–Crippen MR) is 102 cm³/mol. The molecule has 0 bridgehead atoms. The summed E-state index contributed by atoms with van der Waals surface area (Å²) in [4.78, 5) is 14.1. The molecule has 1 aliphatic rings. The number of carbonyl (C=O) groups is 1. The van der Waals surface area contributed by atoms with Crippen molar-refractivity contribution in [3.8, 4) is 5.69 Å². The zero-order valence-corrected chi connectivity index (χ0v) is 16.6. The van der Waals surface area contributed by atoms with Crippen molar-refractivity contribution in [3.05, 3.63) is 29.3 Å². The minimum absolute atomic E-state index is 0.416. The van der Waals surface area contributed by atoms with Crippen LogP contribution in [0.3, 0.4) is 0 Å². The molecule has 1 atom stereocenters. The second-order valence-corrected chi connectivity index (χ2v) is 8.13. The van der Waals surface area contributed by atoms with E-state index in [4.69, 9.17) is 11.6 Å². The predicted octanol–water partition coefficient (Wildman–Crippen LogP) is 3.68. The molecule has 2 aromatic rings. The van der Waals surface area contributed by atoms with Crippen molar-refractivity contribution in [1.29, 1.82) is 0 Å². The maximum atomic E-state index is 12.3. The number of aromatic nitrogens is 3. The fourth-order valence-electron chi connectivity index (χ4n) is 2.84. The molecule has 11 heteroatoms. The van der Waals surface area contributed by atoms with Crippen molar-refractivity contribution in [3.63, 3.8) is 0 Å². The van der Waals surface area contributed by atoms with Crippen molar-refractivity contribution in [2.45, 2.75) is 36.3 Å². The zero-order valence-electron chi connectivity index (χ0n) is 15.0. The SMILES string of the molecule is C[C@H](Sc1nnc(N2CCCC2)n1-c1cccc(Cl)c1)C(=O)NCC(F)(F)F. The minimum Gasteiger partial charge on any atom is -0.346 e. The molecule has 0 unspecified atom stereocenters. The average Bonchev–Trinajstić information content (AvgIpc) is 3.28. The Morgan fingerprint density at radius 1 is 1.32 bits per heavy atom. The number of hydrogen-bond acceptors (Lipinski definition) is 5. The van der Waals surface area contributed by atoms with Crippen molar-refractivity contribution in [2.75, 3.05) is 24.5 Å². The first-order chi connectivity index (χ1) is 13.2. The van der Waals surface area contributed by atoms with Crippen LogP contribution >= 0.6 is 23.4 Å². The smallest absolute Gasteiger partial charge is 0.346 e. The molecule has 1 aliphatic heterocycles. The Balaban J connectivity index is 1.85. The van der Waals surface area contributed by atoms with Crippen molar-refractivity contribution >= 4 is 35.2 Å². The summed E-state index contributed by atoms with van der Waals surface area (Å²) in [6, 6.07) is 7.13. The van der Waals surface area contributed by atoms with Crippen LogP contribution in [0, 0.1) is 0 Å². The summed E-state index contributed by atoms with van der Waals surface area (Å²) in [5.41, 5.74) is 0.727. The molecule has 1 aromatic heterocycles. The lowest BCUT2D eigenvalue weighted by Gasteiger charge is -2.19. The summed E-state index contributed by atoms with van der Waals surface area (Å²) in [6.07, 6.45) is -2.37. The molecule has 0 saturated carbocycles. The molecule has 0 radical (unpaired) electrons. The number of rotatable bonds is 6. The number of halogens is 4. The second kappa shape index (κ2) is 8.60. The number of anilines is 1. The minimum atomic E-state index is -4.45. The van der Waals surface area contributed by atoms with Gasteiger partial charge in [-0.3, -0.25) is 9.36 Å². The molecule has 1 fully saturated rings. The fraction of sp³-hybridized carbons (Fsp3) is 0.471. The Labute approximate surface area is 169 Å². The number of nitrogens with one attached hydrogen (secondary N) is 1. The highest BCUT2D eigenvalue weighted by Gasteiger charge is 2.30. The van der Waals surface area contributed by atoms with E-state index in [0.717, 1.165) is 43.4 Å². The third-order valence-corrected chi connectivity index (χ3v) is 5.46. The van der Waals surface area contributed by atoms with Crippen LogP contribution in [0.2, 0.25) is 5.02 Å². The van der Waals surface area contributed by atoms with Gasteiger partial charge in [-0.05, 0) is 38.0 Å². The van der Waals surface area contributed by atoms with E-state index in [1.165, 1.54) is 6.92 Å². The molecule has 0 spiro atoms. The molecular weight excluding hydrogens is 415 g/mol. The van der Waals surface area contributed by atoms with E-state index in [-0.39, 0.29) is 0 Å². The van der Waals surface area contributed by atoms with Gasteiger partial charge in [0.15, 0.2) is 5.16 Å². The average molecular weight is 434 g/mol. The van der Waals surface area contributed by atoms with E-state index < -0.39 is 23.9 Å². The summed E-state index contributed by atoms with van der Waals surface area (Å²) >= 11 is 7.17. The molecule has 1 saturated heterocycles. The molecule has 0 aliphatic carbocycles. The van der Waals surface area contributed by atoms with E-state index in [0.29, 0.717) is 16.1 Å². The molecule has 152 valence electrons. The third kappa shape index (κ3) is 5.11. The van der Waals surface area contributed by atoms with Gasteiger partial charge in [0, 0.05) is 18.1 Å². The van der Waals surface area contributed by atoms with Crippen molar-refractivity contribution in [2.24, 2.45) is 0 Å². The van der Waals surface area contributed by atoms with Crippen LogP contribution in [0.4, 0.5) is 19.1 Å². The first-order valence-corrected chi connectivity index (χ1v) is 9.98. The highest BCUT2D eigenvalue weighted by atomic mass is 35.5. The molecular formula is C17H19ClF3N5OS. The van der Waals surface area contributed by atoms with Crippen LogP contribution in [0.5, 0.6) is 0 Å². The van der Waals surface area contributed by atoms with Crippen LogP contribution in [0.1, 0.15) is 19.8 Å². The van der Waals surface area contributed by atoms with Crippen LogP contribution < -0.4 is 10.2 Å². The molecule has 28 heavy (non-hydrogen) atoms. The van der Waals surface area contributed by atoms with Gasteiger partial charge in [-0.1, -0.05) is 29.4 Å². The topological polar surface area (TPSA) is 63.1 Å². The van der Waals surface area contributed by atoms with Gasteiger partial charge in [0.1, 0.15) is 6.54 Å². The van der Waals surface area contributed by atoms with Crippen LogP contribution in [0.25, 0.3) is 5.69 Å². The van der Waals surface area contributed by atoms with Gasteiger partial charge in [0.2, 0.25) is 11.9 Å². The summed E-state index contributed by atoms with van der Waals surface area (Å²) in [7, 11) is 0. The molecule has 1 aromatic carbocycles. The molecule has 1 amide bonds. The summed E-state index contributed by atoms with van der Waals surface area (Å²) in [5, 5.41) is 10.5. The molecule has 1 N–H and O–H groups in total. The molecule has 3 rings (SSSR count). The number of amides is 1. The van der Waals surface area contributed by atoms with E-state index in [2.05, 4.69) is 15.1 Å². The standard InChI is InChI=1S/C17H19ClF3N5OS/c1-11(14(27)22-10-17(19,20)21)28-16-24-23-15(25-7-2-3-8-25)26(16)13-6-4-5-12(18)9-13/h4-6,9,11H,2-3,7-8,10H2,1H3,(H,22,27)/t11-/m0/s1. The number of alkyl halides is 3. The van der Waals surface area contributed by atoms with Gasteiger partial charge in [-0.2, -0.15) is 13.2 Å². The quantitative estimate of drug-likeness (QED) is 0.704. The Kier molecular flexibility index (Phi) is 6.39. The maximum absolute atomic E-state index is 12.3. The van der Waals surface area contributed by atoms with Crippen molar-refractivity contribution < 1.29 is 18.0 Å². The second-order valence-electron chi connectivity index (χ2n) is 6.39. The first-order valence-electron chi connectivity index (χ1n) is 8.72. The van der Waals surface area contributed by atoms with E-state index in [9.17, 15) is 18.0 Å². The van der Waals surface area contributed by atoms with Crippen LogP contribution in [-0.4, -0.2) is 51.7 Å². The third-order valence-electron chi connectivity index (χ3n) is 4.19. The number of nitrogens with zero attached hydrogens (tertiary/aromatic N) is 4. The lowest BCUT2D eigenvalue weighted by Crippen LogP contribution is -2.38.